The Morgan fingerprint density at radius 3 is 2.48 bits per heavy atom. The fourth-order valence-electron chi connectivity index (χ4n) is 2.63. The summed E-state index contributed by atoms with van der Waals surface area (Å²) in [6, 6.07) is 4.68. The summed E-state index contributed by atoms with van der Waals surface area (Å²) in [5.74, 6) is 2.46. The smallest absolute Gasteiger partial charge is 0.176 e. The van der Waals surface area contributed by atoms with Crippen LogP contribution in [-0.4, -0.2) is 13.2 Å². The van der Waals surface area contributed by atoms with Crippen molar-refractivity contribution in [2.45, 2.75) is 53.6 Å². The largest absolute Gasteiger partial charge is 0.493 e. The Balaban J connectivity index is 2.55. The molecule has 1 N–H and O–H groups in total. The minimum atomic E-state index is 0.439. The number of nitrogens with one attached hydrogen (secondary N) is 1. The van der Waals surface area contributed by atoms with E-state index in [-0.39, 0.29) is 0 Å². The molecule has 0 aliphatic carbocycles. The topological polar surface area (TPSA) is 34.4 Å². The first kappa shape index (κ1) is 15.9. The molecule has 0 amide bonds. The van der Waals surface area contributed by atoms with Crippen LogP contribution >= 0.6 is 0 Å². The van der Waals surface area contributed by atoms with E-state index in [0.717, 1.165) is 30.1 Å². The third-order valence-corrected chi connectivity index (χ3v) is 3.59. The molecule has 0 saturated heterocycles. The molecule has 0 fully saturated rings. The number of benzene rings is 1. The maximum Gasteiger partial charge on any atom is 0.176 e. The van der Waals surface area contributed by atoms with Gasteiger partial charge in [0.2, 0.25) is 0 Å². The van der Waals surface area contributed by atoms with Gasteiger partial charge in [0, 0.05) is 17.0 Å². The molecular formula is C18H27NO2. The average molecular weight is 289 g/mol. The van der Waals surface area contributed by atoms with Gasteiger partial charge in [-0.3, -0.25) is 0 Å². The van der Waals surface area contributed by atoms with Crippen LogP contribution in [-0.2, 0) is 13.0 Å². The number of aryl methyl sites for hydroxylation is 1. The zero-order valence-electron chi connectivity index (χ0n) is 14.0. The predicted molar refractivity (Wildman–Crippen MR) is 88.0 cm³/mol. The lowest BCUT2D eigenvalue weighted by Gasteiger charge is -2.09. The lowest BCUT2D eigenvalue weighted by molar-refractivity contribution is 0.404. The van der Waals surface area contributed by atoms with Crippen LogP contribution in [0.2, 0.25) is 0 Å². The normalized spacial score (nSPS) is 11.8. The van der Waals surface area contributed by atoms with Crippen LogP contribution in [0.4, 0.5) is 0 Å². The number of hydrogen-bond acceptors (Lipinski definition) is 3. The zero-order chi connectivity index (χ0) is 15.6. The minimum Gasteiger partial charge on any atom is -0.493 e. The predicted octanol–water partition coefficient (Wildman–Crippen LogP) is 4.45. The maximum absolute atomic E-state index is 6.14. The Bertz CT molecular complexity index is 611. The van der Waals surface area contributed by atoms with Gasteiger partial charge in [-0.25, -0.2) is 0 Å². The molecule has 2 aromatic rings. The van der Waals surface area contributed by atoms with Crippen molar-refractivity contribution in [3.63, 3.8) is 0 Å². The van der Waals surface area contributed by atoms with Gasteiger partial charge < -0.3 is 14.5 Å². The third kappa shape index (κ3) is 3.59. The lowest BCUT2D eigenvalue weighted by atomic mass is 9.98. The van der Waals surface area contributed by atoms with Crippen LogP contribution in [0.25, 0.3) is 11.0 Å². The quantitative estimate of drug-likeness (QED) is 0.853. The van der Waals surface area contributed by atoms with Crippen molar-refractivity contribution in [2.24, 2.45) is 5.92 Å². The van der Waals surface area contributed by atoms with Gasteiger partial charge in [-0.15, -0.1) is 0 Å². The van der Waals surface area contributed by atoms with E-state index in [1.807, 2.05) is 6.07 Å². The van der Waals surface area contributed by atoms with E-state index >= 15 is 0 Å². The highest BCUT2D eigenvalue weighted by molar-refractivity contribution is 5.88. The second-order valence-corrected chi connectivity index (χ2v) is 6.48. The molecule has 1 aromatic heterocycles. The number of rotatable bonds is 6. The number of hydrogen-bond donors (Lipinski definition) is 1. The molecule has 2 rings (SSSR count). The Morgan fingerprint density at radius 1 is 1.19 bits per heavy atom. The summed E-state index contributed by atoms with van der Waals surface area (Å²) in [6.07, 6.45) is 1.02. The van der Waals surface area contributed by atoms with E-state index in [0.29, 0.717) is 12.0 Å². The zero-order valence-corrected chi connectivity index (χ0v) is 14.0. The highest BCUT2D eigenvalue weighted by Gasteiger charge is 2.18. The van der Waals surface area contributed by atoms with E-state index in [4.69, 9.17) is 9.15 Å². The molecule has 0 radical (unpaired) electrons. The van der Waals surface area contributed by atoms with Gasteiger partial charge in [0.25, 0.3) is 0 Å². The highest BCUT2D eigenvalue weighted by Crippen LogP contribution is 2.35. The molecule has 0 atom stereocenters. The molecule has 1 aromatic carbocycles. The van der Waals surface area contributed by atoms with Gasteiger partial charge >= 0.3 is 0 Å². The molecule has 116 valence electrons. The van der Waals surface area contributed by atoms with Crippen molar-refractivity contribution in [3.05, 3.63) is 29.0 Å². The van der Waals surface area contributed by atoms with Crippen molar-refractivity contribution in [1.82, 2.24) is 5.32 Å². The second-order valence-electron chi connectivity index (χ2n) is 6.48. The summed E-state index contributed by atoms with van der Waals surface area (Å²) in [5, 5.41) is 4.65. The molecule has 1 heterocycles. The van der Waals surface area contributed by atoms with Crippen molar-refractivity contribution < 1.29 is 9.15 Å². The summed E-state index contributed by atoms with van der Waals surface area (Å²) in [5.41, 5.74) is 3.39. The fraction of sp³-hybridized carbons (Fsp3) is 0.556. The number of ether oxygens (including phenoxy) is 1. The molecule has 3 nitrogen and oxygen atoms in total. The first-order valence-electron chi connectivity index (χ1n) is 7.74. The van der Waals surface area contributed by atoms with E-state index in [1.54, 1.807) is 7.11 Å². The van der Waals surface area contributed by atoms with Crippen molar-refractivity contribution in [3.8, 4) is 5.75 Å². The Morgan fingerprint density at radius 2 is 1.90 bits per heavy atom. The van der Waals surface area contributed by atoms with Crippen LogP contribution in [0.15, 0.2) is 16.5 Å². The molecule has 0 unspecified atom stereocenters. The van der Waals surface area contributed by atoms with Gasteiger partial charge in [0.15, 0.2) is 11.3 Å². The molecule has 0 aliphatic heterocycles. The Kier molecular flexibility index (Phi) is 4.94. The fourth-order valence-corrected chi connectivity index (χ4v) is 2.63. The first-order valence-corrected chi connectivity index (χ1v) is 7.74. The molecular weight excluding hydrogens is 262 g/mol. The molecule has 21 heavy (non-hydrogen) atoms. The van der Waals surface area contributed by atoms with E-state index in [1.165, 1.54) is 16.5 Å². The monoisotopic (exact) mass is 289 g/mol. The lowest BCUT2D eigenvalue weighted by Crippen LogP contribution is -2.22. The second kappa shape index (κ2) is 6.52. The standard InChI is InChI=1S/C18H27NO2/c1-11(2)7-14-15-8-13(5)9-16(20-6)18(15)21-17(14)10-19-12(3)4/h8-9,11-12,19H,7,10H2,1-6H3. The van der Waals surface area contributed by atoms with Crippen molar-refractivity contribution >= 4 is 11.0 Å². The SMILES string of the molecule is COc1cc(C)cc2c(CC(C)C)c(CNC(C)C)oc12. The van der Waals surface area contributed by atoms with Crippen LogP contribution in [0.3, 0.4) is 0 Å². The molecule has 0 spiro atoms. The van der Waals surface area contributed by atoms with Crippen LogP contribution in [0, 0.1) is 12.8 Å². The van der Waals surface area contributed by atoms with Gasteiger partial charge in [0.1, 0.15) is 5.76 Å². The highest BCUT2D eigenvalue weighted by atomic mass is 16.5. The van der Waals surface area contributed by atoms with Gasteiger partial charge in [-0.05, 0) is 37.0 Å². The van der Waals surface area contributed by atoms with E-state index in [9.17, 15) is 0 Å². The van der Waals surface area contributed by atoms with Gasteiger partial charge in [-0.1, -0.05) is 27.7 Å². The van der Waals surface area contributed by atoms with Crippen molar-refractivity contribution in [2.75, 3.05) is 7.11 Å². The molecule has 0 bridgehead atoms. The Hall–Kier alpha value is -1.48. The van der Waals surface area contributed by atoms with E-state index < -0.39 is 0 Å². The first-order chi connectivity index (χ1) is 9.92. The Labute approximate surface area is 127 Å². The van der Waals surface area contributed by atoms with Gasteiger partial charge in [0.05, 0.1) is 13.7 Å². The summed E-state index contributed by atoms with van der Waals surface area (Å²) in [7, 11) is 1.70. The summed E-state index contributed by atoms with van der Waals surface area (Å²) >= 11 is 0. The number of fused-ring (bicyclic) bond motifs is 1. The maximum atomic E-state index is 6.14. The van der Waals surface area contributed by atoms with Gasteiger partial charge in [-0.2, -0.15) is 0 Å². The summed E-state index contributed by atoms with van der Waals surface area (Å²) in [6.45, 7) is 11.6. The van der Waals surface area contributed by atoms with E-state index in [2.05, 4.69) is 46.0 Å². The number of furan rings is 1. The summed E-state index contributed by atoms with van der Waals surface area (Å²) < 4.78 is 11.6. The molecule has 0 aliphatic rings. The van der Waals surface area contributed by atoms with Crippen LogP contribution in [0.5, 0.6) is 5.75 Å². The molecule has 3 heteroatoms. The third-order valence-electron chi connectivity index (χ3n) is 3.59. The average Bonchev–Trinajstić information content (AvgIpc) is 2.73. The summed E-state index contributed by atoms with van der Waals surface area (Å²) in [4.78, 5) is 0. The number of methoxy groups -OCH3 is 1. The minimum absolute atomic E-state index is 0.439. The van der Waals surface area contributed by atoms with Crippen LogP contribution in [0.1, 0.15) is 44.6 Å². The molecule has 0 saturated carbocycles. The van der Waals surface area contributed by atoms with Crippen LogP contribution < -0.4 is 10.1 Å². The van der Waals surface area contributed by atoms with Crippen molar-refractivity contribution in [1.29, 1.82) is 0 Å².